The molecule has 0 heterocycles. The van der Waals surface area contributed by atoms with Crippen molar-refractivity contribution in [2.24, 2.45) is 0 Å². The molecule has 1 saturated carbocycles. The molecule has 81 valence electrons. The summed E-state index contributed by atoms with van der Waals surface area (Å²) in [4.78, 5) is 0. The van der Waals surface area contributed by atoms with Gasteiger partial charge in [0.05, 0.1) is 0 Å². The van der Waals surface area contributed by atoms with E-state index in [1.807, 2.05) is 0 Å². The number of aliphatic hydroxyl groups excluding tert-OH is 1. The summed E-state index contributed by atoms with van der Waals surface area (Å²) in [5.74, 6) is 0.769. The molecule has 0 spiro atoms. The van der Waals surface area contributed by atoms with Crippen LogP contribution in [0.4, 0.5) is 0 Å². The van der Waals surface area contributed by atoms with Crippen molar-refractivity contribution in [3.05, 3.63) is 41.5 Å². The van der Waals surface area contributed by atoms with E-state index in [1.54, 1.807) is 0 Å². The van der Waals surface area contributed by atoms with Crippen molar-refractivity contribution < 1.29 is 5.11 Å². The van der Waals surface area contributed by atoms with Crippen LogP contribution in [0.25, 0.3) is 0 Å². The summed E-state index contributed by atoms with van der Waals surface area (Å²) in [6.07, 6.45) is 6.24. The van der Waals surface area contributed by atoms with Crippen LogP contribution in [0.15, 0.2) is 18.2 Å². The highest BCUT2D eigenvalue weighted by atomic mass is 16.3. The summed E-state index contributed by atoms with van der Waals surface area (Å²) in [6, 6.07) is 6.54. The molecule has 1 aliphatic carbocycles. The van der Waals surface area contributed by atoms with Crippen LogP contribution in [0.3, 0.4) is 0 Å². The van der Waals surface area contributed by atoms with Crippen molar-refractivity contribution in [1.82, 2.24) is 0 Å². The van der Waals surface area contributed by atoms with Crippen LogP contribution in [-0.4, -0.2) is 5.11 Å². The van der Waals surface area contributed by atoms with Gasteiger partial charge in [-0.05, 0) is 48.3 Å². The fraction of sp³-hybridized carbons (Fsp3) is 0.500. The number of hydrogen-bond acceptors (Lipinski definition) is 1. The average molecular weight is 203 g/mol. The van der Waals surface area contributed by atoms with E-state index >= 15 is 0 Å². The van der Waals surface area contributed by atoms with Crippen LogP contribution in [0, 0.1) is 6.61 Å². The normalized spacial score (nSPS) is 15.6. The van der Waals surface area contributed by atoms with Crippen molar-refractivity contribution in [2.45, 2.75) is 44.9 Å². The van der Waals surface area contributed by atoms with Crippen molar-refractivity contribution in [2.75, 3.05) is 0 Å². The molecule has 1 aromatic rings. The number of benzene rings is 1. The van der Waals surface area contributed by atoms with Crippen molar-refractivity contribution in [3.63, 3.8) is 0 Å². The molecule has 0 amide bonds. The molecule has 0 saturated heterocycles. The fourth-order valence-corrected chi connectivity index (χ4v) is 2.00. The van der Waals surface area contributed by atoms with E-state index in [0.717, 1.165) is 17.9 Å². The lowest BCUT2D eigenvalue weighted by molar-refractivity contribution is 0.414. The van der Waals surface area contributed by atoms with Crippen molar-refractivity contribution in [1.29, 1.82) is 0 Å². The van der Waals surface area contributed by atoms with Gasteiger partial charge in [0.1, 0.15) is 6.61 Å². The maximum absolute atomic E-state index is 9.09. The smallest absolute Gasteiger partial charge is 0.109 e. The summed E-state index contributed by atoms with van der Waals surface area (Å²) >= 11 is 0. The molecule has 0 atom stereocenters. The van der Waals surface area contributed by atoms with Gasteiger partial charge in [-0.1, -0.05) is 31.5 Å². The first-order chi connectivity index (χ1) is 7.33. The zero-order chi connectivity index (χ0) is 10.7. The highest BCUT2D eigenvalue weighted by molar-refractivity contribution is 5.36. The average Bonchev–Trinajstić information content (AvgIpc) is 3.09. The maximum Gasteiger partial charge on any atom is 0.109 e. The van der Waals surface area contributed by atoms with E-state index in [4.69, 9.17) is 5.11 Å². The van der Waals surface area contributed by atoms with Crippen LogP contribution in [-0.2, 0) is 6.42 Å². The van der Waals surface area contributed by atoms with Crippen molar-refractivity contribution >= 4 is 0 Å². The molecule has 15 heavy (non-hydrogen) atoms. The first kappa shape index (κ1) is 10.7. The van der Waals surface area contributed by atoms with Crippen LogP contribution < -0.4 is 0 Å². The van der Waals surface area contributed by atoms with E-state index in [0.29, 0.717) is 0 Å². The molecule has 1 fully saturated rings. The van der Waals surface area contributed by atoms with Gasteiger partial charge in [-0.15, -0.1) is 0 Å². The minimum Gasteiger partial charge on any atom is -0.385 e. The van der Waals surface area contributed by atoms with E-state index < -0.39 is 0 Å². The fourth-order valence-electron chi connectivity index (χ4n) is 2.00. The highest BCUT2D eigenvalue weighted by Gasteiger charge is 2.23. The van der Waals surface area contributed by atoms with Gasteiger partial charge in [0.25, 0.3) is 0 Å². The van der Waals surface area contributed by atoms with Gasteiger partial charge in [-0.3, -0.25) is 0 Å². The third-order valence-corrected chi connectivity index (χ3v) is 3.05. The molecular weight excluding hydrogens is 184 g/mol. The topological polar surface area (TPSA) is 20.2 Å². The summed E-state index contributed by atoms with van der Waals surface area (Å²) in [5.41, 5.74) is 3.76. The molecule has 0 aliphatic heterocycles. The Hall–Kier alpha value is -0.820. The van der Waals surface area contributed by atoms with Gasteiger partial charge in [-0.2, -0.15) is 0 Å². The second-order valence-electron chi connectivity index (χ2n) is 4.51. The minimum absolute atomic E-state index is 0.769. The van der Waals surface area contributed by atoms with Gasteiger partial charge < -0.3 is 5.11 Å². The zero-order valence-corrected chi connectivity index (χ0v) is 9.37. The number of aryl methyl sites for hydroxylation is 1. The van der Waals surface area contributed by atoms with Crippen LogP contribution in [0.2, 0.25) is 0 Å². The summed E-state index contributed by atoms with van der Waals surface area (Å²) in [7, 11) is 0. The van der Waals surface area contributed by atoms with E-state index in [9.17, 15) is 0 Å². The molecule has 1 heteroatoms. The Morgan fingerprint density at radius 1 is 1.33 bits per heavy atom. The molecule has 0 bridgehead atoms. The Balaban J connectivity index is 2.16. The Labute approximate surface area is 92.1 Å². The predicted octanol–water partition coefficient (Wildman–Crippen LogP) is 3.79. The molecule has 1 nitrogen and oxygen atoms in total. The van der Waals surface area contributed by atoms with Gasteiger partial charge in [0.2, 0.25) is 0 Å². The second-order valence-corrected chi connectivity index (χ2v) is 4.51. The SMILES string of the molecule is CCCCc1cc([CH]O)cc(C2CC2)c1. The minimum atomic E-state index is 0.769. The third kappa shape index (κ3) is 2.82. The molecule has 2 rings (SSSR count). The lowest BCUT2D eigenvalue weighted by atomic mass is 9.99. The van der Waals surface area contributed by atoms with Gasteiger partial charge in [0.15, 0.2) is 0 Å². The van der Waals surface area contributed by atoms with Crippen LogP contribution >= 0.6 is 0 Å². The second kappa shape index (κ2) is 4.80. The van der Waals surface area contributed by atoms with Gasteiger partial charge in [0, 0.05) is 0 Å². The molecule has 0 unspecified atom stereocenters. The molecule has 1 aliphatic rings. The van der Waals surface area contributed by atoms with E-state index in [-0.39, 0.29) is 0 Å². The standard InChI is InChI=1S/C14H19O/c1-2-3-4-11-7-12(10-15)9-14(8-11)13-5-6-13/h7-10,13,15H,2-6H2,1H3. The van der Waals surface area contributed by atoms with Gasteiger partial charge in [-0.25, -0.2) is 0 Å². The lowest BCUT2D eigenvalue weighted by Crippen LogP contribution is -1.92. The zero-order valence-electron chi connectivity index (χ0n) is 9.37. The third-order valence-electron chi connectivity index (χ3n) is 3.05. The van der Waals surface area contributed by atoms with Crippen LogP contribution in [0.1, 0.15) is 55.2 Å². The number of unbranched alkanes of at least 4 members (excludes halogenated alkanes) is 1. The largest absolute Gasteiger partial charge is 0.385 e. The number of aliphatic hydroxyl groups is 1. The van der Waals surface area contributed by atoms with Crippen molar-refractivity contribution in [3.8, 4) is 0 Å². The molecule has 1 radical (unpaired) electrons. The summed E-state index contributed by atoms with van der Waals surface area (Å²) in [5, 5.41) is 9.09. The Bertz CT molecular complexity index is 326. The lowest BCUT2D eigenvalue weighted by Gasteiger charge is -2.07. The molecule has 1 aromatic carbocycles. The summed E-state index contributed by atoms with van der Waals surface area (Å²) in [6.45, 7) is 3.44. The highest BCUT2D eigenvalue weighted by Crippen LogP contribution is 2.40. The van der Waals surface area contributed by atoms with Gasteiger partial charge >= 0.3 is 0 Å². The first-order valence-corrected chi connectivity index (χ1v) is 5.94. The molecular formula is C14H19O. The quantitative estimate of drug-likeness (QED) is 0.772. The Kier molecular flexibility index (Phi) is 3.42. The van der Waals surface area contributed by atoms with E-state index in [1.165, 1.54) is 43.4 Å². The molecule has 0 aromatic heterocycles. The predicted molar refractivity (Wildman–Crippen MR) is 62.4 cm³/mol. The number of hydrogen-bond donors (Lipinski definition) is 1. The number of rotatable bonds is 5. The van der Waals surface area contributed by atoms with E-state index in [2.05, 4.69) is 25.1 Å². The van der Waals surface area contributed by atoms with Crippen LogP contribution in [0.5, 0.6) is 0 Å². The Morgan fingerprint density at radius 2 is 2.13 bits per heavy atom. The Morgan fingerprint density at radius 3 is 2.73 bits per heavy atom. The maximum atomic E-state index is 9.09. The summed E-state index contributed by atoms with van der Waals surface area (Å²) < 4.78 is 0. The molecule has 1 N–H and O–H groups in total. The first-order valence-electron chi connectivity index (χ1n) is 5.94. The monoisotopic (exact) mass is 203 g/mol.